The largest absolute Gasteiger partial charge is 0.496 e. The van der Waals surface area contributed by atoms with Crippen molar-refractivity contribution in [2.75, 3.05) is 0 Å². The van der Waals surface area contributed by atoms with Gasteiger partial charge in [0.2, 0.25) is 0 Å². The first-order valence-electron chi connectivity index (χ1n) is 7.62. The fourth-order valence-electron chi connectivity index (χ4n) is 1.99. The Labute approximate surface area is 154 Å². The van der Waals surface area contributed by atoms with Gasteiger partial charge in [-0.3, -0.25) is 4.72 Å². The van der Waals surface area contributed by atoms with Gasteiger partial charge in [0.25, 0.3) is 0 Å². The van der Waals surface area contributed by atoms with E-state index in [0.717, 1.165) is 10.4 Å². The smallest absolute Gasteiger partial charge is 0.399 e. The van der Waals surface area contributed by atoms with Crippen molar-refractivity contribution in [3.05, 3.63) is 22.2 Å². The van der Waals surface area contributed by atoms with Crippen LogP contribution >= 0.6 is 35.1 Å². The van der Waals surface area contributed by atoms with Crippen molar-refractivity contribution in [1.82, 2.24) is 4.72 Å². The van der Waals surface area contributed by atoms with E-state index in [-0.39, 0.29) is 5.54 Å². The van der Waals surface area contributed by atoms with Gasteiger partial charge in [-0.15, -0.1) is 0 Å². The van der Waals surface area contributed by atoms with Gasteiger partial charge in [0, 0.05) is 15.9 Å². The second kappa shape index (κ2) is 6.43. The van der Waals surface area contributed by atoms with Gasteiger partial charge in [0.1, 0.15) is 0 Å². The SMILES string of the molecule is CC(C)(C)NSc1ccc(B2OC(C)(C)C(C)(C)O2)c(Cl)c1Cl. The molecular formula is C16H24BCl2NO2S. The molecule has 0 saturated carbocycles. The van der Waals surface area contributed by atoms with E-state index < -0.39 is 18.3 Å². The quantitative estimate of drug-likeness (QED) is 0.613. The average Bonchev–Trinajstić information content (AvgIpc) is 2.59. The highest BCUT2D eigenvalue weighted by atomic mass is 35.5. The standard InChI is InChI=1S/C16H24BCl2NO2S/c1-14(2,3)20-23-11-9-8-10(12(18)13(11)19)17-21-15(4,5)16(6,7)22-17/h8-9,20H,1-7H3. The predicted molar refractivity (Wildman–Crippen MR) is 101 cm³/mol. The van der Waals surface area contributed by atoms with Crippen LogP contribution in [0.25, 0.3) is 0 Å². The molecule has 0 bridgehead atoms. The Morgan fingerprint density at radius 3 is 2.00 bits per heavy atom. The Bertz CT molecular complexity index is 586. The summed E-state index contributed by atoms with van der Waals surface area (Å²) < 4.78 is 15.4. The molecule has 1 heterocycles. The van der Waals surface area contributed by atoms with Gasteiger partial charge in [-0.05, 0) is 66.5 Å². The average molecular weight is 376 g/mol. The van der Waals surface area contributed by atoms with E-state index in [2.05, 4.69) is 25.5 Å². The number of rotatable bonds is 3. The topological polar surface area (TPSA) is 30.5 Å². The molecule has 1 aliphatic rings. The maximum atomic E-state index is 6.48. The van der Waals surface area contributed by atoms with Gasteiger partial charge in [0.05, 0.1) is 21.2 Å². The third-order valence-electron chi connectivity index (χ3n) is 4.05. The van der Waals surface area contributed by atoms with Crippen LogP contribution in [0.4, 0.5) is 0 Å². The lowest BCUT2D eigenvalue weighted by Gasteiger charge is -2.32. The zero-order valence-corrected chi connectivity index (χ0v) is 17.0. The normalized spacial score (nSPS) is 20.1. The highest BCUT2D eigenvalue weighted by molar-refractivity contribution is 7.97. The number of nitrogens with one attached hydrogen (secondary N) is 1. The maximum Gasteiger partial charge on any atom is 0.496 e. The van der Waals surface area contributed by atoms with Crippen LogP contribution in [-0.4, -0.2) is 23.9 Å². The molecule has 0 spiro atoms. The molecular weight excluding hydrogens is 352 g/mol. The van der Waals surface area contributed by atoms with Gasteiger partial charge in [-0.25, -0.2) is 0 Å². The Kier molecular flexibility index (Phi) is 5.43. The van der Waals surface area contributed by atoms with Crippen molar-refractivity contribution in [2.24, 2.45) is 0 Å². The molecule has 1 N–H and O–H groups in total. The lowest BCUT2D eigenvalue weighted by molar-refractivity contribution is 0.00578. The van der Waals surface area contributed by atoms with Gasteiger partial charge in [-0.1, -0.05) is 29.3 Å². The first-order chi connectivity index (χ1) is 10.3. The van der Waals surface area contributed by atoms with E-state index in [1.54, 1.807) is 0 Å². The van der Waals surface area contributed by atoms with Crippen molar-refractivity contribution in [1.29, 1.82) is 0 Å². The van der Waals surface area contributed by atoms with Crippen molar-refractivity contribution in [3.63, 3.8) is 0 Å². The van der Waals surface area contributed by atoms with Crippen LogP contribution in [0.15, 0.2) is 17.0 Å². The summed E-state index contributed by atoms with van der Waals surface area (Å²) in [4.78, 5) is 0.881. The molecule has 1 aromatic rings. The zero-order chi connectivity index (χ0) is 17.6. The van der Waals surface area contributed by atoms with E-state index in [4.69, 9.17) is 32.5 Å². The van der Waals surface area contributed by atoms with Crippen LogP contribution in [0.2, 0.25) is 10.0 Å². The van der Waals surface area contributed by atoms with Gasteiger partial charge >= 0.3 is 7.12 Å². The molecule has 3 nitrogen and oxygen atoms in total. The molecule has 0 aromatic heterocycles. The molecule has 2 rings (SSSR count). The Morgan fingerprint density at radius 1 is 1.00 bits per heavy atom. The van der Waals surface area contributed by atoms with Crippen LogP contribution < -0.4 is 10.2 Å². The van der Waals surface area contributed by atoms with Gasteiger partial charge in [-0.2, -0.15) is 0 Å². The van der Waals surface area contributed by atoms with E-state index >= 15 is 0 Å². The molecule has 1 fully saturated rings. The van der Waals surface area contributed by atoms with Gasteiger partial charge in [0.15, 0.2) is 0 Å². The Balaban J connectivity index is 2.25. The maximum absolute atomic E-state index is 6.48. The van der Waals surface area contributed by atoms with Crippen molar-refractivity contribution >= 4 is 47.7 Å². The molecule has 1 aromatic carbocycles. The third-order valence-corrected chi connectivity index (χ3v) is 6.33. The minimum Gasteiger partial charge on any atom is -0.399 e. The monoisotopic (exact) mass is 375 g/mol. The molecule has 0 amide bonds. The summed E-state index contributed by atoms with van der Waals surface area (Å²) in [5.41, 5.74) is -0.0794. The fourth-order valence-corrected chi connectivity index (χ4v) is 3.33. The number of benzene rings is 1. The highest BCUT2D eigenvalue weighted by Gasteiger charge is 2.52. The Morgan fingerprint density at radius 2 is 1.52 bits per heavy atom. The molecule has 1 saturated heterocycles. The molecule has 0 unspecified atom stereocenters. The summed E-state index contributed by atoms with van der Waals surface area (Å²) >= 11 is 14.4. The van der Waals surface area contributed by atoms with Gasteiger partial charge < -0.3 is 9.31 Å². The minimum absolute atomic E-state index is 0.0230. The van der Waals surface area contributed by atoms with E-state index in [0.29, 0.717) is 10.0 Å². The van der Waals surface area contributed by atoms with Crippen LogP contribution in [0, 0.1) is 0 Å². The van der Waals surface area contributed by atoms with E-state index in [1.807, 2.05) is 39.8 Å². The van der Waals surface area contributed by atoms with E-state index in [9.17, 15) is 0 Å². The van der Waals surface area contributed by atoms with Crippen LogP contribution in [0.5, 0.6) is 0 Å². The van der Waals surface area contributed by atoms with Crippen LogP contribution in [-0.2, 0) is 9.31 Å². The third kappa shape index (κ3) is 4.20. The first-order valence-corrected chi connectivity index (χ1v) is 9.19. The molecule has 1 aliphatic heterocycles. The lowest BCUT2D eigenvalue weighted by Crippen LogP contribution is -2.41. The van der Waals surface area contributed by atoms with Crippen molar-refractivity contribution in [2.45, 2.75) is 70.1 Å². The highest BCUT2D eigenvalue weighted by Crippen LogP contribution is 2.38. The molecule has 0 atom stereocenters. The van der Waals surface area contributed by atoms with Crippen molar-refractivity contribution < 1.29 is 9.31 Å². The Hall–Kier alpha value is 0.0949. The molecule has 128 valence electrons. The number of hydrogen-bond donors (Lipinski definition) is 1. The second-order valence-electron chi connectivity index (χ2n) is 7.82. The van der Waals surface area contributed by atoms with E-state index in [1.165, 1.54) is 11.9 Å². The molecule has 23 heavy (non-hydrogen) atoms. The van der Waals surface area contributed by atoms with Crippen LogP contribution in [0.3, 0.4) is 0 Å². The summed E-state index contributed by atoms with van der Waals surface area (Å²) in [5, 5.41) is 0.992. The van der Waals surface area contributed by atoms with Crippen LogP contribution in [0.1, 0.15) is 48.5 Å². The lowest BCUT2D eigenvalue weighted by atomic mass is 9.79. The second-order valence-corrected chi connectivity index (χ2v) is 9.43. The number of hydrogen-bond acceptors (Lipinski definition) is 4. The minimum atomic E-state index is -0.514. The molecule has 0 radical (unpaired) electrons. The summed E-state index contributed by atoms with van der Waals surface area (Å²) in [6, 6.07) is 3.86. The van der Waals surface area contributed by atoms with Crippen molar-refractivity contribution in [3.8, 4) is 0 Å². The summed E-state index contributed by atoms with van der Waals surface area (Å²) in [6.07, 6.45) is 0. The first kappa shape index (κ1) is 19.4. The molecule has 7 heteroatoms. The summed E-state index contributed by atoms with van der Waals surface area (Å²) in [5.74, 6) is 0. The number of halogens is 2. The molecule has 0 aliphatic carbocycles. The summed E-state index contributed by atoms with van der Waals surface area (Å²) in [7, 11) is -0.514. The fraction of sp³-hybridized carbons (Fsp3) is 0.625. The zero-order valence-electron chi connectivity index (χ0n) is 14.7. The summed E-state index contributed by atoms with van der Waals surface area (Å²) in [6.45, 7) is 14.3. The predicted octanol–water partition coefficient (Wildman–Crippen LogP) is 4.69.